The Labute approximate surface area is 217 Å². The van der Waals surface area contributed by atoms with Crippen LogP contribution in [-0.4, -0.2) is 87.0 Å². The third kappa shape index (κ3) is 9.98. The van der Waals surface area contributed by atoms with Gasteiger partial charge in [0.2, 0.25) is 0 Å². The van der Waals surface area contributed by atoms with E-state index in [4.69, 9.17) is 14.6 Å². The van der Waals surface area contributed by atoms with E-state index in [-0.39, 0.29) is 18.6 Å². The summed E-state index contributed by atoms with van der Waals surface area (Å²) >= 11 is 0. The Bertz CT molecular complexity index is 927. The molecule has 0 amide bonds. The number of allylic oxidation sites excluding steroid dienone is 7. The van der Waals surface area contributed by atoms with Crippen molar-refractivity contribution < 1.29 is 49.4 Å². The van der Waals surface area contributed by atoms with Crippen molar-refractivity contribution in [3.8, 4) is 0 Å². The number of ether oxygens (including phenoxy) is 2. The van der Waals surface area contributed by atoms with Crippen molar-refractivity contribution in [2.75, 3.05) is 13.2 Å². The zero-order valence-corrected chi connectivity index (χ0v) is 22.1. The predicted octanol–water partition coefficient (Wildman–Crippen LogP) is 1.05. The van der Waals surface area contributed by atoms with E-state index in [0.29, 0.717) is 5.57 Å². The molecule has 0 aromatic carbocycles. The molecular formula is C27H40O10. The first-order chi connectivity index (χ1) is 17.2. The van der Waals surface area contributed by atoms with Gasteiger partial charge in [-0.05, 0) is 37.3 Å². The minimum atomic E-state index is -1.87. The summed E-state index contributed by atoms with van der Waals surface area (Å²) in [6.45, 7) is 7.95. The lowest BCUT2D eigenvalue weighted by Crippen LogP contribution is -2.47. The number of hydrogen-bond acceptors (Lipinski definition) is 10. The Balaban J connectivity index is 2.66. The molecule has 0 bridgehead atoms. The lowest BCUT2D eigenvalue weighted by Gasteiger charge is -2.36. The van der Waals surface area contributed by atoms with E-state index in [1.165, 1.54) is 0 Å². The molecule has 5 unspecified atom stereocenters. The molecule has 37 heavy (non-hydrogen) atoms. The summed E-state index contributed by atoms with van der Waals surface area (Å²) in [5.41, 5.74) is 1.94. The highest BCUT2D eigenvalue weighted by Gasteiger charge is 2.40. The number of carbonyl (C=O) groups excluding carboxylic acids is 3. The standard InChI is InChI=1S/C27H40O10/c1-6-7-8-16(2)9-10-18-17(3)24(33)21(13-27(18,4)5)37-23(32)12-11-22(31)36-15-20(30)26(35)25(34)19(29)14-28/h6-10,19-21,25-26,28-30,34-35H,11-15H2,1-5H3/b7-6+,10-9+,16-8+. The Morgan fingerprint density at radius 3 is 2.27 bits per heavy atom. The van der Waals surface area contributed by atoms with Crippen molar-refractivity contribution in [1.29, 1.82) is 0 Å². The van der Waals surface area contributed by atoms with Gasteiger partial charge < -0.3 is 35.0 Å². The van der Waals surface area contributed by atoms with E-state index in [9.17, 15) is 34.8 Å². The number of rotatable bonds is 13. The van der Waals surface area contributed by atoms with E-state index in [2.05, 4.69) is 0 Å². The summed E-state index contributed by atoms with van der Waals surface area (Å²) in [5, 5.41) is 47.1. The summed E-state index contributed by atoms with van der Waals surface area (Å²) in [6.07, 6.45) is 1.04. The smallest absolute Gasteiger partial charge is 0.307 e. The molecule has 0 aliphatic heterocycles. The highest BCUT2D eigenvalue weighted by Crippen LogP contribution is 2.40. The van der Waals surface area contributed by atoms with Gasteiger partial charge in [-0.15, -0.1) is 0 Å². The Kier molecular flexibility index (Phi) is 13.1. The summed E-state index contributed by atoms with van der Waals surface area (Å²) in [5.74, 6) is -1.93. The fraction of sp³-hybridized carbons (Fsp3) is 0.593. The van der Waals surface area contributed by atoms with Crippen molar-refractivity contribution in [3.63, 3.8) is 0 Å². The topological polar surface area (TPSA) is 171 Å². The van der Waals surface area contributed by atoms with Crippen molar-refractivity contribution in [2.45, 2.75) is 84.4 Å². The number of aliphatic hydroxyl groups is 5. The zero-order valence-electron chi connectivity index (χ0n) is 22.1. The Hall–Kier alpha value is -2.63. The van der Waals surface area contributed by atoms with Crippen molar-refractivity contribution >= 4 is 17.7 Å². The quantitative estimate of drug-likeness (QED) is 0.173. The number of aliphatic hydroxyl groups excluding tert-OH is 5. The fourth-order valence-electron chi connectivity index (χ4n) is 3.85. The molecule has 0 aromatic rings. The maximum Gasteiger partial charge on any atom is 0.307 e. The van der Waals surface area contributed by atoms with Gasteiger partial charge in [-0.3, -0.25) is 14.4 Å². The molecule has 0 spiro atoms. The molecule has 1 aliphatic rings. The van der Waals surface area contributed by atoms with Crippen molar-refractivity contribution in [2.24, 2.45) is 5.41 Å². The number of esters is 2. The molecule has 208 valence electrons. The van der Waals surface area contributed by atoms with E-state index in [1.807, 2.05) is 58.1 Å². The van der Waals surface area contributed by atoms with Crippen molar-refractivity contribution in [1.82, 2.24) is 0 Å². The highest BCUT2D eigenvalue weighted by molar-refractivity contribution is 6.01. The predicted molar refractivity (Wildman–Crippen MR) is 135 cm³/mol. The molecule has 5 N–H and O–H groups in total. The van der Waals surface area contributed by atoms with E-state index < -0.39 is 67.5 Å². The molecule has 0 radical (unpaired) electrons. The molecule has 0 saturated carbocycles. The molecule has 1 aliphatic carbocycles. The second kappa shape index (κ2) is 14.9. The SMILES string of the molecule is C/C=C/C=C(C)/C=C/C1=C(C)C(=O)C(OC(=O)CCC(=O)OCC(O)C(O)C(O)C(O)CO)CC1(C)C. The van der Waals surface area contributed by atoms with Crippen LogP contribution in [-0.2, 0) is 23.9 Å². The average molecular weight is 525 g/mol. The van der Waals surface area contributed by atoms with Gasteiger partial charge in [-0.25, -0.2) is 0 Å². The minimum Gasteiger partial charge on any atom is -0.463 e. The second-order valence-electron chi connectivity index (χ2n) is 9.72. The van der Waals surface area contributed by atoms with E-state index >= 15 is 0 Å². The first kappa shape index (κ1) is 32.4. The minimum absolute atomic E-state index is 0.281. The van der Waals surface area contributed by atoms with Crippen LogP contribution >= 0.6 is 0 Å². The molecule has 0 aromatic heterocycles. The second-order valence-corrected chi connectivity index (χ2v) is 9.72. The van der Waals surface area contributed by atoms with Crippen LogP contribution in [0.15, 0.2) is 47.1 Å². The van der Waals surface area contributed by atoms with Gasteiger partial charge in [0, 0.05) is 6.42 Å². The monoisotopic (exact) mass is 524 g/mol. The summed E-state index contributed by atoms with van der Waals surface area (Å²) in [6, 6.07) is 0. The molecule has 0 heterocycles. The summed E-state index contributed by atoms with van der Waals surface area (Å²) in [4.78, 5) is 37.1. The van der Waals surface area contributed by atoms with E-state index in [1.54, 1.807) is 6.92 Å². The van der Waals surface area contributed by atoms with Crippen LogP contribution in [0.4, 0.5) is 0 Å². The summed E-state index contributed by atoms with van der Waals surface area (Å²) < 4.78 is 10.2. The average Bonchev–Trinajstić information content (AvgIpc) is 2.85. The van der Waals surface area contributed by atoms with Crippen LogP contribution < -0.4 is 0 Å². The molecule has 5 atom stereocenters. The maximum atomic E-state index is 12.9. The fourth-order valence-corrected chi connectivity index (χ4v) is 3.85. The molecule has 10 nitrogen and oxygen atoms in total. The van der Waals surface area contributed by atoms with Crippen LogP contribution in [0.2, 0.25) is 0 Å². The lowest BCUT2D eigenvalue weighted by molar-refractivity contribution is -0.161. The number of ketones is 1. The summed E-state index contributed by atoms with van der Waals surface area (Å²) in [7, 11) is 0. The van der Waals surface area contributed by atoms with Crippen molar-refractivity contribution in [3.05, 3.63) is 47.1 Å². The first-order valence-corrected chi connectivity index (χ1v) is 12.2. The number of carbonyl (C=O) groups is 3. The van der Waals surface area contributed by atoms with Gasteiger partial charge in [-0.1, -0.05) is 49.8 Å². The van der Waals surface area contributed by atoms with E-state index in [0.717, 1.165) is 11.1 Å². The third-order valence-electron chi connectivity index (χ3n) is 6.10. The van der Waals surface area contributed by atoms with Gasteiger partial charge in [0.1, 0.15) is 31.0 Å². The maximum absolute atomic E-state index is 12.9. The first-order valence-electron chi connectivity index (χ1n) is 12.2. The van der Waals surface area contributed by atoms with Gasteiger partial charge >= 0.3 is 11.9 Å². The largest absolute Gasteiger partial charge is 0.463 e. The van der Waals surface area contributed by atoms with Gasteiger partial charge in [0.05, 0.1) is 19.4 Å². The molecule has 10 heteroatoms. The van der Waals surface area contributed by atoms with Crippen LogP contribution in [0.25, 0.3) is 0 Å². The van der Waals surface area contributed by atoms with Crippen LogP contribution in [0.5, 0.6) is 0 Å². The van der Waals surface area contributed by atoms with Crippen LogP contribution in [0.1, 0.15) is 53.9 Å². The normalized spacial score (nSPS) is 21.7. The van der Waals surface area contributed by atoms with Gasteiger partial charge in [0.15, 0.2) is 11.9 Å². The highest BCUT2D eigenvalue weighted by atomic mass is 16.6. The van der Waals surface area contributed by atoms with Crippen LogP contribution in [0, 0.1) is 5.41 Å². The number of Topliss-reactive ketones (excluding diaryl/α,β-unsaturated/α-hetero) is 1. The molecule has 0 fully saturated rings. The third-order valence-corrected chi connectivity index (χ3v) is 6.10. The van der Waals surface area contributed by atoms with Gasteiger partial charge in [0.25, 0.3) is 0 Å². The Morgan fingerprint density at radius 1 is 1.08 bits per heavy atom. The molecule has 1 rings (SSSR count). The Morgan fingerprint density at radius 2 is 1.68 bits per heavy atom. The zero-order chi connectivity index (χ0) is 28.3. The lowest BCUT2D eigenvalue weighted by atomic mass is 9.71. The van der Waals surface area contributed by atoms with Crippen LogP contribution in [0.3, 0.4) is 0 Å². The van der Waals surface area contributed by atoms with Gasteiger partial charge in [-0.2, -0.15) is 0 Å². The molecule has 0 saturated heterocycles. The number of hydrogen-bond donors (Lipinski definition) is 5. The molecular weight excluding hydrogens is 484 g/mol.